The minimum Gasteiger partial charge on any atom is -0.207 e. The Balaban J connectivity index is 2.47. The third-order valence-corrected chi connectivity index (χ3v) is 3.32. The molecule has 21 heavy (non-hydrogen) atoms. The van der Waals surface area contributed by atoms with E-state index in [2.05, 4.69) is 0 Å². The standard InChI is InChI=1S/C14H7ClF6/c15-13(7-1-3-11(17)12(18)5-7)9-6-8(14(19,20)21)2-4-10(9)16/h1-6,13H. The minimum absolute atomic E-state index is 0.0474. The number of hydrogen-bond donors (Lipinski definition) is 0. The van der Waals surface area contributed by atoms with E-state index in [1.807, 2.05) is 0 Å². The van der Waals surface area contributed by atoms with Crippen molar-refractivity contribution in [1.29, 1.82) is 0 Å². The fraction of sp³-hybridized carbons (Fsp3) is 0.143. The van der Waals surface area contributed by atoms with Gasteiger partial charge in [0.25, 0.3) is 0 Å². The summed E-state index contributed by atoms with van der Waals surface area (Å²) in [5.41, 5.74) is -1.58. The second kappa shape index (κ2) is 5.60. The summed E-state index contributed by atoms with van der Waals surface area (Å²) < 4.78 is 77.4. The fourth-order valence-electron chi connectivity index (χ4n) is 1.76. The predicted molar refractivity (Wildman–Crippen MR) is 65.5 cm³/mol. The van der Waals surface area contributed by atoms with Crippen LogP contribution >= 0.6 is 11.6 Å². The molecule has 0 radical (unpaired) electrons. The number of halogens is 7. The van der Waals surface area contributed by atoms with Gasteiger partial charge in [-0.25, -0.2) is 13.2 Å². The minimum atomic E-state index is -4.66. The van der Waals surface area contributed by atoms with Gasteiger partial charge in [0.15, 0.2) is 11.6 Å². The average Bonchev–Trinajstić information content (AvgIpc) is 2.40. The number of benzene rings is 2. The Hall–Kier alpha value is -1.69. The van der Waals surface area contributed by atoms with E-state index in [4.69, 9.17) is 11.6 Å². The zero-order valence-corrected chi connectivity index (χ0v) is 10.9. The molecule has 0 heterocycles. The van der Waals surface area contributed by atoms with Crippen molar-refractivity contribution in [1.82, 2.24) is 0 Å². The van der Waals surface area contributed by atoms with Gasteiger partial charge in [0.2, 0.25) is 0 Å². The van der Waals surface area contributed by atoms with Crippen molar-refractivity contribution in [3.63, 3.8) is 0 Å². The van der Waals surface area contributed by atoms with E-state index >= 15 is 0 Å². The maximum absolute atomic E-state index is 13.7. The van der Waals surface area contributed by atoms with E-state index < -0.39 is 40.1 Å². The molecular formula is C14H7ClF6. The molecule has 0 amide bonds. The van der Waals surface area contributed by atoms with E-state index in [1.165, 1.54) is 0 Å². The Morgan fingerprint density at radius 3 is 2.00 bits per heavy atom. The Kier molecular flexibility index (Phi) is 4.18. The molecule has 0 bridgehead atoms. The van der Waals surface area contributed by atoms with Crippen LogP contribution in [0.25, 0.3) is 0 Å². The number of alkyl halides is 4. The van der Waals surface area contributed by atoms with Crippen LogP contribution in [0.15, 0.2) is 36.4 Å². The van der Waals surface area contributed by atoms with Crippen LogP contribution in [0.1, 0.15) is 22.1 Å². The maximum Gasteiger partial charge on any atom is 0.416 e. The largest absolute Gasteiger partial charge is 0.416 e. The molecule has 1 unspecified atom stereocenters. The average molecular weight is 325 g/mol. The molecule has 0 aliphatic rings. The molecule has 2 aromatic carbocycles. The molecule has 1 atom stereocenters. The molecule has 0 aromatic heterocycles. The summed E-state index contributed by atoms with van der Waals surface area (Å²) in [6, 6.07) is 4.32. The lowest BCUT2D eigenvalue weighted by Crippen LogP contribution is -2.07. The summed E-state index contributed by atoms with van der Waals surface area (Å²) in [5.74, 6) is -3.31. The second-order valence-corrected chi connectivity index (χ2v) is 4.71. The first-order valence-electron chi connectivity index (χ1n) is 5.66. The van der Waals surface area contributed by atoms with Gasteiger partial charge >= 0.3 is 6.18 Å². The first-order chi connectivity index (χ1) is 9.70. The molecule has 0 fully saturated rings. The third kappa shape index (κ3) is 3.32. The predicted octanol–water partition coefficient (Wildman–Crippen LogP) is 5.45. The Labute approximate surface area is 121 Å². The van der Waals surface area contributed by atoms with Crippen LogP contribution in [0.2, 0.25) is 0 Å². The molecule has 0 N–H and O–H groups in total. The lowest BCUT2D eigenvalue weighted by molar-refractivity contribution is -0.137. The lowest BCUT2D eigenvalue weighted by Gasteiger charge is -2.14. The molecule has 2 aromatic rings. The van der Waals surface area contributed by atoms with Crippen LogP contribution in [-0.4, -0.2) is 0 Å². The number of hydrogen-bond acceptors (Lipinski definition) is 0. The van der Waals surface area contributed by atoms with Crippen LogP contribution in [0.5, 0.6) is 0 Å². The van der Waals surface area contributed by atoms with Gasteiger partial charge in [-0.15, -0.1) is 11.6 Å². The van der Waals surface area contributed by atoms with E-state index in [-0.39, 0.29) is 5.56 Å². The highest BCUT2D eigenvalue weighted by Crippen LogP contribution is 2.36. The number of rotatable bonds is 2. The summed E-state index contributed by atoms with van der Waals surface area (Å²) in [6.07, 6.45) is -4.66. The quantitative estimate of drug-likeness (QED) is 0.509. The maximum atomic E-state index is 13.7. The Morgan fingerprint density at radius 2 is 1.43 bits per heavy atom. The van der Waals surface area contributed by atoms with E-state index in [1.54, 1.807) is 0 Å². The van der Waals surface area contributed by atoms with Crippen LogP contribution in [0, 0.1) is 17.5 Å². The first-order valence-corrected chi connectivity index (χ1v) is 6.09. The molecule has 0 aliphatic heterocycles. The van der Waals surface area contributed by atoms with Crippen LogP contribution in [0.4, 0.5) is 26.3 Å². The molecule has 0 nitrogen and oxygen atoms in total. The second-order valence-electron chi connectivity index (χ2n) is 4.27. The molecule has 0 spiro atoms. The highest BCUT2D eigenvalue weighted by molar-refractivity contribution is 6.22. The summed E-state index contributed by atoms with van der Waals surface area (Å²) in [6.45, 7) is 0. The van der Waals surface area contributed by atoms with Crippen molar-refractivity contribution in [3.8, 4) is 0 Å². The SMILES string of the molecule is Fc1ccc(C(Cl)c2cc(C(F)(F)F)ccc2F)cc1F. The Bertz CT molecular complexity index is 665. The highest BCUT2D eigenvalue weighted by Gasteiger charge is 2.32. The smallest absolute Gasteiger partial charge is 0.207 e. The monoisotopic (exact) mass is 324 g/mol. The van der Waals surface area contributed by atoms with Crippen molar-refractivity contribution in [2.75, 3.05) is 0 Å². The van der Waals surface area contributed by atoms with Gasteiger partial charge in [-0.3, -0.25) is 0 Å². The van der Waals surface area contributed by atoms with Crippen molar-refractivity contribution in [2.45, 2.75) is 11.6 Å². The van der Waals surface area contributed by atoms with Crippen molar-refractivity contribution >= 4 is 11.6 Å². The summed E-state index contributed by atoms with van der Waals surface area (Å²) >= 11 is 5.89. The molecule has 112 valence electrons. The van der Waals surface area contributed by atoms with Gasteiger partial charge in [0.1, 0.15) is 5.82 Å². The molecular weight excluding hydrogens is 318 g/mol. The normalized spacial score (nSPS) is 13.3. The zero-order chi connectivity index (χ0) is 15.8. The van der Waals surface area contributed by atoms with Crippen LogP contribution < -0.4 is 0 Å². The van der Waals surface area contributed by atoms with Gasteiger partial charge in [-0.1, -0.05) is 6.07 Å². The summed E-state index contributed by atoms with van der Waals surface area (Å²) in [5, 5.41) is -1.37. The molecule has 2 rings (SSSR count). The van der Waals surface area contributed by atoms with Crippen LogP contribution in [0.3, 0.4) is 0 Å². The zero-order valence-electron chi connectivity index (χ0n) is 10.2. The van der Waals surface area contributed by atoms with E-state index in [9.17, 15) is 26.3 Å². The van der Waals surface area contributed by atoms with Gasteiger partial charge in [0.05, 0.1) is 10.9 Å². The molecule has 7 heteroatoms. The van der Waals surface area contributed by atoms with E-state index in [0.717, 1.165) is 12.1 Å². The Morgan fingerprint density at radius 1 is 0.810 bits per heavy atom. The third-order valence-electron chi connectivity index (χ3n) is 2.83. The van der Waals surface area contributed by atoms with Gasteiger partial charge in [-0.05, 0) is 35.9 Å². The van der Waals surface area contributed by atoms with E-state index in [0.29, 0.717) is 24.3 Å². The van der Waals surface area contributed by atoms with Crippen molar-refractivity contribution in [2.24, 2.45) is 0 Å². The van der Waals surface area contributed by atoms with Crippen molar-refractivity contribution < 1.29 is 26.3 Å². The highest BCUT2D eigenvalue weighted by atomic mass is 35.5. The lowest BCUT2D eigenvalue weighted by atomic mass is 10.0. The van der Waals surface area contributed by atoms with Gasteiger partial charge < -0.3 is 0 Å². The van der Waals surface area contributed by atoms with Crippen molar-refractivity contribution in [3.05, 3.63) is 70.5 Å². The summed E-state index contributed by atoms with van der Waals surface area (Å²) in [4.78, 5) is 0. The molecule has 0 saturated heterocycles. The first kappa shape index (κ1) is 15.7. The van der Waals surface area contributed by atoms with Gasteiger partial charge in [-0.2, -0.15) is 13.2 Å². The fourth-order valence-corrected chi connectivity index (χ4v) is 2.07. The van der Waals surface area contributed by atoms with Gasteiger partial charge in [0, 0.05) is 5.56 Å². The topological polar surface area (TPSA) is 0 Å². The van der Waals surface area contributed by atoms with Crippen LogP contribution in [-0.2, 0) is 6.18 Å². The molecule has 0 aliphatic carbocycles. The molecule has 0 saturated carbocycles. The summed E-state index contributed by atoms with van der Waals surface area (Å²) in [7, 11) is 0.